The molecule has 120 valence electrons. The van der Waals surface area contributed by atoms with Crippen molar-refractivity contribution in [1.82, 2.24) is 24.5 Å². The summed E-state index contributed by atoms with van der Waals surface area (Å²) in [6.07, 6.45) is 7.62. The van der Waals surface area contributed by atoms with Gasteiger partial charge in [0.25, 0.3) is 0 Å². The molecule has 4 aromatic rings. The molecule has 4 rings (SSSR count). The lowest BCUT2D eigenvalue weighted by molar-refractivity contribution is 0.430. The van der Waals surface area contributed by atoms with Crippen LogP contribution >= 0.6 is 0 Å². The molecule has 3 aromatic heterocycles. The zero-order valence-corrected chi connectivity index (χ0v) is 13.3. The molecule has 0 atom stereocenters. The van der Waals surface area contributed by atoms with E-state index in [1.54, 1.807) is 6.20 Å². The van der Waals surface area contributed by atoms with Crippen molar-refractivity contribution in [3.63, 3.8) is 0 Å². The van der Waals surface area contributed by atoms with Crippen molar-refractivity contribution in [3.05, 3.63) is 66.7 Å². The van der Waals surface area contributed by atoms with Crippen LogP contribution in [0.2, 0.25) is 0 Å². The van der Waals surface area contributed by atoms with Crippen LogP contribution in [-0.4, -0.2) is 24.5 Å². The molecular weight excluding hydrogens is 302 g/mol. The molecule has 0 spiro atoms. The van der Waals surface area contributed by atoms with E-state index in [4.69, 9.17) is 4.52 Å². The number of aryl methyl sites for hydroxylation is 1. The van der Waals surface area contributed by atoms with Gasteiger partial charge in [0, 0.05) is 42.3 Å². The van der Waals surface area contributed by atoms with Crippen molar-refractivity contribution >= 4 is 0 Å². The predicted molar refractivity (Wildman–Crippen MR) is 90.2 cm³/mol. The Balaban J connectivity index is 1.62. The summed E-state index contributed by atoms with van der Waals surface area (Å²) in [5.41, 5.74) is 2.95. The van der Waals surface area contributed by atoms with Gasteiger partial charge in [-0.05, 0) is 6.92 Å². The molecule has 6 heteroatoms. The van der Waals surface area contributed by atoms with E-state index in [2.05, 4.69) is 22.2 Å². The highest BCUT2D eigenvalue weighted by atomic mass is 16.5. The molecule has 0 aliphatic heterocycles. The molecular formula is C18H17N5O. The number of rotatable bonds is 5. The van der Waals surface area contributed by atoms with E-state index in [1.807, 2.05) is 64.2 Å². The van der Waals surface area contributed by atoms with Crippen LogP contribution in [0.5, 0.6) is 0 Å². The number of imidazole rings is 1. The van der Waals surface area contributed by atoms with Crippen LogP contribution in [-0.2, 0) is 13.1 Å². The van der Waals surface area contributed by atoms with Crippen molar-refractivity contribution in [3.8, 4) is 22.8 Å². The van der Waals surface area contributed by atoms with Gasteiger partial charge in [-0.25, -0.2) is 4.98 Å². The SMILES string of the molecule is CCn1cc(Cn2ccnc2-c2cc(-c3ccccc3)no2)cn1. The number of hydrogen-bond donors (Lipinski definition) is 0. The zero-order valence-electron chi connectivity index (χ0n) is 13.3. The molecule has 0 bridgehead atoms. The molecule has 0 aliphatic carbocycles. The van der Waals surface area contributed by atoms with Gasteiger partial charge in [-0.15, -0.1) is 0 Å². The Morgan fingerprint density at radius 3 is 2.83 bits per heavy atom. The van der Waals surface area contributed by atoms with Gasteiger partial charge in [0.05, 0.1) is 12.7 Å². The lowest BCUT2D eigenvalue weighted by atomic mass is 10.1. The van der Waals surface area contributed by atoms with Gasteiger partial charge < -0.3 is 9.09 Å². The van der Waals surface area contributed by atoms with E-state index in [0.717, 1.165) is 29.2 Å². The van der Waals surface area contributed by atoms with Crippen LogP contribution in [0.15, 0.2) is 65.7 Å². The highest BCUT2D eigenvalue weighted by Gasteiger charge is 2.14. The summed E-state index contributed by atoms with van der Waals surface area (Å²) in [6.45, 7) is 3.62. The second-order valence-corrected chi connectivity index (χ2v) is 5.53. The molecule has 6 nitrogen and oxygen atoms in total. The minimum absolute atomic E-state index is 0.654. The first-order chi connectivity index (χ1) is 11.8. The molecule has 0 saturated heterocycles. The van der Waals surface area contributed by atoms with E-state index in [-0.39, 0.29) is 0 Å². The number of aromatic nitrogens is 5. The molecule has 0 N–H and O–H groups in total. The highest BCUT2D eigenvalue weighted by Crippen LogP contribution is 2.25. The molecule has 0 saturated carbocycles. The summed E-state index contributed by atoms with van der Waals surface area (Å²) < 4.78 is 9.46. The van der Waals surface area contributed by atoms with Crippen LogP contribution in [0, 0.1) is 0 Å². The first-order valence-electron chi connectivity index (χ1n) is 7.88. The molecule has 0 fully saturated rings. The molecule has 0 aliphatic rings. The van der Waals surface area contributed by atoms with Gasteiger partial charge in [-0.1, -0.05) is 35.5 Å². The zero-order chi connectivity index (χ0) is 16.4. The van der Waals surface area contributed by atoms with Crippen molar-refractivity contribution in [2.24, 2.45) is 0 Å². The van der Waals surface area contributed by atoms with E-state index in [1.165, 1.54) is 0 Å². The molecule has 0 amide bonds. The molecule has 0 radical (unpaired) electrons. The van der Waals surface area contributed by atoms with Crippen molar-refractivity contribution in [2.75, 3.05) is 0 Å². The molecule has 1 aromatic carbocycles. The summed E-state index contributed by atoms with van der Waals surface area (Å²) in [4.78, 5) is 4.42. The number of benzene rings is 1. The number of nitrogens with zero attached hydrogens (tertiary/aromatic N) is 5. The van der Waals surface area contributed by atoms with Gasteiger partial charge in [0.2, 0.25) is 5.76 Å². The summed E-state index contributed by atoms with van der Waals surface area (Å²) in [6, 6.07) is 11.9. The lowest BCUT2D eigenvalue weighted by Gasteiger charge is -2.03. The molecule has 24 heavy (non-hydrogen) atoms. The maximum atomic E-state index is 5.51. The predicted octanol–water partition coefficient (Wildman–Crippen LogP) is 3.47. The van der Waals surface area contributed by atoms with Crippen LogP contribution < -0.4 is 0 Å². The Morgan fingerprint density at radius 1 is 1.17 bits per heavy atom. The average molecular weight is 319 g/mol. The summed E-state index contributed by atoms with van der Waals surface area (Å²) >= 11 is 0. The summed E-state index contributed by atoms with van der Waals surface area (Å²) in [5.74, 6) is 1.41. The van der Waals surface area contributed by atoms with E-state index in [0.29, 0.717) is 12.3 Å². The summed E-state index contributed by atoms with van der Waals surface area (Å²) in [5, 5.41) is 8.47. The third-order valence-electron chi connectivity index (χ3n) is 3.88. The van der Waals surface area contributed by atoms with Gasteiger partial charge in [-0.2, -0.15) is 5.10 Å². The number of hydrogen-bond acceptors (Lipinski definition) is 4. The van der Waals surface area contributed by atoms with Gasteiger partial charge in [-0.3, -0.25) is 4.68 Å². The fourth-order valence-corrected chi connectivity index (χ4v) is 2.65. The Kier molecular flexibility index (Phi) is 3.70. The third-order valence-corrected chi connectivity index (χ3v) is 3.88. The summed E-state index contributed by atoms with van der Waals surface area (Å²) in [7, 11) is 0. The molecule has 0 unspecified atom stereocenters. The Hall–Kier alpha value is -3.15. The van der Waals surface area contributed by atoms with E-state index >= 15 is 0 Å². The van der Waals surface area contributed by atoms with E-state index in [9.17, 15) is 0 Å². The van der Waals surface area contributed by atoms with Crippen LogP contribution in [0.4, 0.5) is 0 Å². The quantitative estimate of drug-likeness (QED) is 0.565. The second-order valence-electron chi connectivity index (χ2n) is 5.53. The van der Waals surface area contributed by atoms with Crippen molar-refractivity contribution < 1.29 is 4.52 Å². The largest absolute Gasteiger partial charge is 0.352 e. The normalized spacial score (nSPS) is 11.0. The second kappa shape index (κ2) is 6.16. The topological polar surface area (TPSA) is 61.7 Å². The first-order valence-corrected chi connectivity index (χ1v) is 7.88. The molecule has 3 heterocycles. The minimum Gasteiger partial charge on any atom is -0.352 e. The smallest absolute Gasteiger partial charge is 0.202 e. The van der Waals surface area contributed by atoms with Crippen LogP contribution in [0.1, 0.15) is 12.5 Å². The van der Waals surface area contributed by atoms with Gasteiger partial charge >= 0.3 is 0 Å². The van der Waals surface area contributed by atoms with Crippen LogP contribution in [0.25, 0.3) is 22.8 Å². The minimum atomic E-state index is 0.654. The van der Waals surface area contributed by atoms with Gasteiger partial charge in [0.1, 0.15) is 5.69 Å². The lowest BCUT2D eigenvalue weighted by Crippen LogP contribution is -2.00. The monoisotopic (exact) mass is 319 g/mol. The highest BCUT2D eigenvalue weighted by molar-refractivity contribution is 5.63. The average Bonchev–Trinajstić information content (AvgIpc) is 3.36. The van der Waals surface area contributed by atoms with Gasteiger partial charge in [0.15, 0.2) is 5.82 Å². The Labute approximate surface area is 139 Å². The maximum Gasteiger partial charge on any atom is 0.202 e. The van der Waals surface area contributed by atoms with Crippen molar-refractivity contribution in [1.29, 1.82) is 0 Å². The Bertz CT molecular complexity index is 935. The van der Waals surface area contributed by atoms with Crippen molar-refractivity contribution in [2.45, 2.75) is 20.0 Å². The standard InChI is InChI=1S/C18H17N5O/c1-2-23-13-14(11-20-23)12-22-9-8-19-18(22)17-10-16(21-24-17)15-6-4-3-5-7-15/h3-11,13H,2,12H2,1H3. The Morgan fingerprint density at radius 2 is 2.04 bits per heavy atom. The van der Waals surface area contributed by atoms with Crippen LogP contribution in [0.3, 0.4) is 0 Å². The fourth-order valence-electron chi connectivity index (χ4n) is 2.65. The maximum absolute atomic E-state index is 5.51. The first kappa shape index (κ1) is 14.4. The third kappa shape index (κ3) is 2.74. The van der Waals surface area contributed by atoms with E-state index < -0.39 is 0 Å². The fraction of sp³-hybridized carbons (Fsp3) is 0.167.